The predicted octanol–water partition coefficient (Wildman–Crippen LogP) is -0.0366. The summed E-state index contributed by atoms with van der Waals surface area (Å²) in [5, 5.41) is 11.3. The Morgan fingerprint density at radius 1 is 1.53 bits per heavy atom. The fourth-order valence-electron chi connectivity index (χ4n) is 1.90. The van der Waals surface area contributed by atoms with Crippen molar-refractivity contribution < 1.29 is 19.4 Å². The molecule has 0 aromatic rings. The van der Waals surface area contributed by atoms with Crippen molar-refractivity contribution in [3.05, 3.63) is 0 Å². The van der Waals surface area contributed by atoms with E-state index in [-0.39, 0.29) is 31.1 Å². The minimum absolute atomic E-state index is 0.0694. The van der Waals surface area contributed by atoms with Crippen LogP contribution in [-0.2, 0) is 9.53 Å². The van der Waals surface area contributed by atoms with Crippen LogP contribution < -0.4 is 5.32 Å². The van der Waals surface area contributed by atoms with Gasteiger partial charge in [0.2, 0.25) is 5.91 Å². The van der Waals surface area contributed by atoms with Crippen molar-refractivity contribution >= 4 is 12.0 Å². The van der Waals surface area contributed by atoms with Gasteiger partial charge < -0.3 is 20.1 Å². The van der Waals surface area contributed by atoms with Crippen molar-refractivity contribution in [3.8, 4) is 0 Å². The molecule has 1 heterocycles. The summed E-state index contributed by atoms with van der Waals surface area (Å²) in [6.07, 6.45) is 1.22. The van der Waals surface area contributed by atoms with Gasteiger partial charge in [-0.3, -0.25) is 4.79 Å². The van der Waals surface area contributed by atoms with Crippen LogP contribution in [-0.4, -0.2) is 54.9 Å². The number of piperidine rings is 1. The first-order chi connectivity index (χ1) is 8.19. The Morgan fingerprint density at radius 2 is 2.29 bits per heavy atom. The lowest BCUT2D eigenvalue weighted by molar-refractivity contribution is -0.126. The second kappa shape index (κ2) is 7.11. The summed E-state index contributed by atoms with van der Waals surface area (Å²) in [4.78, 5) is 24.8. The highest BCUT2D eigenvalue weighted by Gasteiger charge is 2.28. The van der Waals surface area contributed by atoms with Crippen molar-refractivity contribution in [2.45, 2.75) is 19.8 Å². The van der Waals surface area contributed by atoms with Crippen molar-refractivity contribution in [1.29, 1.82) is 0 Å². The van der Waals surface area contributed by atoms with E-state index in [0.717, 1.165) is 12.8 Å². The normalized spacial score (nSPS) is 19.9. The zero-order valence-electron chi connectivity index (χ0n) is 10.1. The molecule has 1 rings (SSSR count). The monoisotopic (exact) mass is 244 g/mol. The Kier molecular flexibility index (Phi) is 5.76. The summed E-state index contributed by atoms with van der Waals surface area (Å²) in [6, 6.07) is 0. The maximum Gasteiger partial charge on any atom is 0.409 e. The molecule has 2 N–H and O–H groups in total. The highest BCUT2D eigenvalue weighted by atomic mass is 16.6. The van der Waals surface area contributed by atoms with Gasteiger partial charge in [-0.15, -0.1) is 0 Å². The minimum atomic E-state index is -0.354. The number of carbonyl (C=O) groups excluding carboxylic acids is 2. The van der Waals surface area contributed by atoms with Crippen molar-refractivity contribution in [2.24, 2.45) is 5.92 Å². The Bertz CT molecular complexity index is 270. The first-order valence-corrected chi connectivity index (χ1v) is 5.99. The van der Waals surface area contributed by atoms with Crippen LogP contribution in [0.25, 0.3) is 0 Å². The Labute approximate surface area is 101 Å². The van der Waals surface area contributed by atoms with Crippen LogP contribution in [0.1, 0.15) is 19.8 Å². The van der Waals surface area contributed by atoms with Crippen LogP contribution in [0.4, 0.5) is 4.79 Å². The second-order valence-electron chi connectivity index (χ2n) is 4.00. The number of nitrogens with one attached hydrogen (secondary N) is 1. The smallest absolute Gasteiger partial charge is 0.409 e. The Morgan fingerprint density at radius 3 is 2.94 bits per heavy atom. The van der Waals surface area contributed by atoms with Crippen LogP contribution in [0.3, 0.4) is 0 Å². The number of nitrogens with zero attached hydrogens (tertiary/aromatic N) is 1. The first kappa shape index (κ1) is 13.8. The maximum atomic E-state index is 11.7. The molecular weight excluding hydrogens is 224 g/mol. The molecule has 6 heteroatoms. The molecule has 1 aliphatic rings. The van der Waals surface area contributed by atoms with E-state index in [1.807, 2.05) is 0 Å². The third-order valence-corrected chi connectivity index (χ3v) is 2.73. The van der Waals surface area contributed by atoms with Crippen LogP contribution in [0.15, 0.2) is 0 Å². The molecule has 1 fully saturated rings. The van der Waals surface area contributed by atoms with E-state index in [1.54, 1.807) is 11.8 Å². The number of ether oxygens (including phenoxy) is 1. The molecule has 6 nitrogen and oxygen atoms in total. The largest absolute Gasteiger partial charge is 0.450 e. The van der Waals surface area contributed by atoms with E-state index in [2.05, 4.69) is 5.32 Å². The fourth-order valence-corrected chi connectivity index (χ4v) is 1.90. The van der Waals surface area contributed by atoms with Crippen LogP contribution in [0.2, 0.25) is 0 Å². The number of aliphatic hydroxyl groups is 1. The zero-order valence-corrected chi connectivity index (χ0v) is 10.1. The molecule has 0 radical (unpaired) electrons. The highest BCUT2D eigenvalue weighted by Crippen LogP contribution is 2.17. The summed E-state index contributed by atoms with van der Waals surface area (Å²) in [7, 11) is 0. The number of hydrogen-bond acceptors (Lipinski definition) is 4. The lowest BCUT2D eigenvalue weighted by atomic mass is 9.97. The van der Waals surface area contributed by atoms with Crippen LogP contribution in [0.5, 0.6) is 0 Å². The molecule has 0 aliphatic carbocycles. The lowest BCUT2D eigenvalue weighted by Crippen LogP contribution is -2.46. The van der Waals surface area contributed by atoms with Crippen LogP contribution in [0, 0.1) is 5.92 Å². The van der Waals surface area contributed by atoms with Crippen LogP contribution >= 0.6 is 0 Å². The molecule has 0 spiro atoms. The van der Waals surface area contributed by atoms with Gasteiger partial charge in [0.05, 0.1) is 19.1 Å². The fraction of sp³-hybridized carbons (Fsp3) is 0.818. The quantitative estimate of drug-likeness (QED) is 0.727. The molecule has 1 unspecified atom stereocenters. The van der Waals surface area contributed by atoms with Gasteiger partial charge in [0, 0.05) is 19.6 Å². The molecular formula is C11H20N2O4. The number of hydrogen-bond donors (Lipinski definition) is 2. The topological polar surface area (TPSA) is 78.9 Å². The summed E-state index contributed by atoms with van der Waals surface area (Å²) in [5.41, 5.74) is 0. The Balaban J connectivity index is 2.42. The minimum Gasteiger partial charge on any atom is -0.450 e. The van der Waals surface area contributed by atoms with Gasteiger partial charge in [-0.05, 0) is 19.8 Å². The number of carbonyl (C=O) groups is 2. The van der Waals surface area contributed by atoms with E-state index in [4.69, 9.17) is 9.84 Å². The van der Waals surface area contributed by atoms with E-state index < -0.39 is 0 Å². The third kappa shape index (κ3) is 4.22. The standard InChI is InChI=1S/C11H20N2O4/c1-2-17-11(16)13-6-3-4-9(8-13)10(15)12-5-7-14/h9,14H,2-8H2,1H3,(H,12,15). The lowest BCUT2D eigenvalue weighted by Gasteiger charge is -2.31. The number of amides is 2. The molecule has 0 bridgehead atoms. The van der Waals surface area contributed by atoms with E-state index >= 15 is 0 Å². The molecule has 2 amide bonds. The number of likely N-dealkylation sites (tertiary alicyclic amines) is 1. The zero-order chi connectivity index (χ0) is 12.7. The number of aliphatic hydroxyl groups excluding tert-OH is 1. The average molecular weight is 244 g/mol. The summed E-state index contributed by atoms with van der Waals surface area (Å²) in [6.45, 7) is 3.33. The van der Waals surface area contributed by atoms with E-state index in [0.29, 0.717) is 19.7 Å². The Hall–Kier alpha value is -1.30. The van der Waals surface area contributed by atoms with E-state index in [9.17, 15) is 9.59 Å². The van der Waals surface area contributed by atoms with Gasteiger partial charge >= 0.3 is 6.09 Å². The molecule has 1 atom stereocenters. The van der Waals surface area contributed by atoms with Crippen molar-refractivity contribution in [3.63, 3.8) is 0 Å². The number of rotatable bonds is 4. The molecule has 17 heavy (non-hydrogen) atoms. The summed E-state index contributed by atoms with van der Waals surface area (Å²) in [5.74, 6) is -0.298. The van der Waals surface area contributed by atoms with Gasteiger partial charge in [0.15, 0.2) is 0 Å². The highest BCUT2D eigenvalue weighted by molar-refractivity contribution is 5.79. The molecule has 0 saturated carbocycles. The summed E-state index contributed by atoms with van der Waals surface area (Å²) >= 11 is 0. The van der Waals surface area contributed by atoms with Gasteiger partial charge in [-0.25, -0.2) is 4.79 Å². The van der Waals surface area contributed by atoms with Crippen molar-refractivity contribution in [1.82, 2.24) is 10.2 Å². The molecule has 98 valence electrons. The third-order valence-electron chi connectivity index (χ3n) is 2.73. The van der Waals surface area contributed by atoms with Gasteiger partial charge in [-0.2, -0.15) is 0 Å². The molecule has 0 aromatic heterocycles. The second-order valence-corrected chi connectivity index (χ2v) is 4.00. The molecule has 0 aromatic carbocycles. The first-order valence-electron chi connectivity index (χ1n) is 5.99. The van der Waals surface area contributed by atoms with Gasteiger partial charge in [0.1, 0.15) is 0 Å². The average Bonchev–Trinajstić information content (AvgIpc) is 2.36. The molecule has 1 saturated heterocycles. The van der Waals surface area contributed by atoms with Crippen molar-refractivity contribution in [2.75, 3.05) is 32.8 Å². The summed E-state index contributed by atoms with van der Waals surface area (Å²) < 4.78 is 4.91. The maximum absolute atomic E-state index is 11.7. The van der Waals surface area contributed by atoms with Gasteiger partial charge in [-0.1, -0.05) is 0 Å². The van der Waals surface area contributed by atoms with Gasteiger partial charge in [0.25, 0.3) is 0 Å². The predicted molar refractivity (Wildman–Crippen MR) is 61.4 cm³/mol. The molecule has 1 aliphatic heterocycles. The SMILES string of the molecule is CCOC(=O)N1CCCC(C(=O)NCCO)C1. The van der Waals surface area contributed by atoms with E-state index in [1.165, 1.54) is 0 Å².